The largest absolute Gasteiger partial charge is 0.391 e. The van der Waals surface area contributed by atoms with Crippen molar-refractivity contribution in [3.63, 3.8) is 0 Å². The average molecular weight is 291 g/mol. The molecule has 0 aromatic rings. The lowest BCUT2D eigenvalue weighted by atomic mass is 9.86. The van der Waals surface area contributed by atoms with Crippen LogP contribution >= 0.6 is 12.4 Å². The van der Waals surface area contributed by atoms with Gasteiger partial charge in [0.05, 0.1) is 6.10 Å². The number of carbonyl (C=O) groups excluding carboxylic acids is 1. The molecule has 1 saturated heterocycles. The SMILES string of the molecule is Cl.O=C(CCC1CCCCC1)NCC1CNCC1O. The minimum Gasteiger partial charge on any atom is -0.391 e. The zero-order chi connectivity index (χ0) is 12.8. The Balaban J connectivity index is 0.00000180. The molecule has 112 valence electrons. The van der Waals surface area contributed by atoms with Crippen molar-refractivity contribution in [3.8, 4) is 0 Å². The number of aliphatic hydroxyl groups excluding tert-OH is 1. The summed E-state index contributed by atoms with van der Waals surface area (Å²) in [6, 6.07) is 0. The molecule has 0 radical (unpaired) electrons. The number of amides is 1. The molecule has 3 N–H and O–H groups in total. The van der Waals surface area contributed by atoms with Crippen LogP contribution in [0, 0.1) is 11.8 Å². The molecule has 0 aromatic carbocycles. The Morgan fingerprint density at radius 2 is 1.95 bits per heavy atom. The topological polar surface area (TPSA) is 61.4 Å². The van der Waals surface area contributed by atoms with Gasteiger partial charge in [-0.25, -0.2) is 0 Å². The Labute approximate surface area is 122 Å². The van der Waals surface area contributed by atoms with Gasteiger partial charge >= 0.3 is 0 Å². The highest BCUT2D eigenvalue weighted by Crippen LogP contribution is 2.27. The maximum absolute atomic E-state index is 11.7. The first-order valence-electron chi connectivity index (χ1n) is 7.41. The molecule has 0 spiro atoms. The Kier molecular flexibility index (Phi) is 7.73. The van der Waals surface area contributed by atoms with E-state index in [4.69, 9.17) is 0 Å². The summed E-state index contributed by atoms with van der Waals surface area (Å²) in [7, 11) is 0. The molecule has 5 heteroatoms. The lowest BCUT2D eigenvalue weighted by Gasteiger charge is -2.21. The van der Waals surface area contributed by atoms with Gasteiger partial charge in [-0.15, -0.1) is 12.4 Å². The Hall–Kier alpha value is -0.320. The third-order valence-electron chi connectivity index (χ3n) is 4.37. The van der Waals surface area contributed by atoms with Crippen LogP contribution in [0.5, 0.6) is 0 Å². The second-order valence-electron chi connectivity index (χ2n) is 5.83. The van der Waals surface area contributed by atoms with E-state index in [1.807, 2.05) is 0 Å². The fourth-order valence-corrected chi connectivity index (χ4v) is 3.07. The minimum atomic E-state index is -0.302. The van der Waals surface area contributed by atoms with Gasteiger partial charge < -0.3 is 15.7 Å². The fourth-order valence-electron chi connectivity index (χ4n) is 3.07. The fraction of sp³-hybridized carbons (Fsp3) is 0.929. The molecule has 19 heavy (non-hydrogen) atoms. The van der Waals surface area contributed by atoms with E-state index in [0.29, 0.717) is 19.5 Å². The molecule has 1 amide bonds. The summed E-state index contributed by atoms with van der Waals surface area (Å²) in [6.07, 6.45) is 8.05. The summed E-state index contributed by atoms with van der Waals surface area (Å²) in [5.41, 5.74) is 0. The Morgan fingerprint density at radius 1 is 1.21 bits per heavy atom. The van der Waals surface area contributed by atoms with Crippen LogP contribution in [-0.2, 0) is 4.79 Å². The summed E-state index contributed by atoms with van der Waals surface area (Å²) in [6.45, 7) is 2.07. The molecule has 2 aliphatic rings. The van der Waals surface area contributed by atoms with Gasteiger partial charge in [0.2, 0.25) is 5.91 Å². The van der Waals surface area contributed by atoms with E-state index >= 15 is 0 Å². The molecule has 1 saturated carbocycles. The van der Waals surface area contributed by atoms with Crippen LogP contribution in [-0.4, -0.2) is 36.8 Å². The van der Waals surface area contributed by atoms with E-state index in [-0.39, 0.29) is 30.3 Å². The normalized spacial score (nSPS) is 27.8. The zero-order valence-electron chi connectivity index (χ0n) is 11.6. The Morgan fingerprint density at radius 3 is 2.58 bits per heavy atom. The predicted molar refractivity (Wildman–Crippen MR) is 78.4 cm³/mol. The first-order chi connectivity index (χ1) is 8.75. The van der Waals surface area contributed by atoms with Crippen molar-refractivity contribution < 1.29 is 9.90 Å². The monoisotopic (exact) mass is 290 g/mol. The third-order valence-corrected chi connectivity index (χ3v) is 4.37. The van der Waals surface area contributed by atoms with Gasteiger partial charge in [0, 0.05) is 32.0 Å². The van der Waals surface area contributed by atoms with Crippen molar-refractivity contribution in [2.45, 2.75) is 51.0 Å². The van der Waals surface area contributed by atoms with Gasteiger partial charge in [0.15, 0.2) is 0 Å². The van der Waals surface area contributed by atoms with Crippen LogP contribution in [0.15, 0.2) is 0 Å². The number of carbonyl (C=O) groups is 1. The van der Waals surface area contributed by atoms with Crippen molar-refractivity contribution in [1.82, 2.24) is 10.6 Å². The van der Waals surface area contributed by atoms with Crippen LogP contribution in [0.3, 0.4) is 0 Å². The van der Waals surface area contributed by atoms with Crippen molar-refractivity contribution in [1.29, 1.82) is 0 Å². The van der Waals surface area contributed by atoms with Crippen molar-refractivity contribution in [2.75, 3.05) is 19.6 Å². The highest BCUT2D eigenvalue weighted by Gasteiger charge is 2.25. The van der Waals surface area contributed by atoms with Crippen molar-refractivity contribution in [3.05, 3.63) is 0 Å². The van der Waals surface area contributed by atoms with Gasteiger partial charge in [0.1, 0.15) is 0 Å². The summed E-state index contributed by atoms with van der Waals surface area (Å²) < 4.78 is 0. The minimum absolute atomic E-state index is 0. The number of β-amino-alcohol motifs (C(OH)–C–C–N with tert-alkyl or cyclic N) is 1. The number of hydrogen-bond donors (Lipinski definition) is 3. The number of halogens is 1. The number of rotatable bonds is 5. The van der Waals surface area contributed by atoms with E-state index in [1.165, 1.54) is 32.1 Å². The van der Waals surface area contributed by atoms with Crippen LogP contribution in [0.2, 0.25) is 0 Å². The van der Waals surface area contributed by atoms with Gasteiger partial charge in [-0.3, -0.25) is 4.79 Å². The zero-order valence-corrected chi connectivity index (χ0v) is 12.4. The first kappa shape index (κ1) is 16.7. The predicted octanol–water partition coefficient (Wildman–Crippen LogP) is 1.47. The second-order valence-corrected chi connectivity index (χ2v) is 5.83. The lowest BCUT2D eigenvalue weighted by molar-refractivity contribution is -0.121. The average Bonchev–Trinajstić information content (AvgIpc) is 2.81. The van der Waals surface area contributed by atoms with E-state index in [1.54, 1.807) is 0 Å². The van der Waals surface area contributed by atoms with E-state index in [0.717, 1.165) is 18.9 Å². The molecule has 0 aromatic heterocycles. The second kappa shape index (κ2) is 8.77. The molecule has 2 atom stereocenters. The van der Waals surface area contributed by atoms with Crippen LogP contribution in [0.25, 0.3) is 0 Å². The molecule has 0 bridgehead atoms. The molecular formula is C14H27ClN2O2. The maximum atomic E-state index is 11.7. The molecular weight excluding hydrogens is 264 g/mol. The Bertz CT molecular complexity index is 270. The molecule has 1 heterocycles. The highest BCUT2D eigenvalue weighted by atomic mass is 35.5. The maximum Gasteiger partial charge on any atom is 0.220 e. The smallest absolute Gasteiger partial charge is 0.220 e. The van der Waals surface area contributed by atoms with Crippen molar-refractivity contribution in [2.24, 2.45) is 11.8 Å². The number of nitrogens with one attached hydrogen (secondary N) is 2. The quantitative estimate of drug-likeness (QED) is 0.718. The lowest BCUT2D eigenvalue weighted by Crippen LogP contribution is -2.34. The van der Waals surface area contributed by atoms with Gasteiger partial charge in [-0.05, 0) is 12.3 Å². The van der Waals surface area contributed by atoms with Crippen molar-refractivity contribution >= 4 is 18.3 Å². The molecule has 1 aliphatic heterocycles. The van der Waals surface area contributed by atoms with Gasteiger partial charge in [0.25, 0.3) is 0 Å². The van der Waals surface area contributed by atoms with Gasteiger partial charge in [-0.2, -0.15) is 0 Å². The summed E-state index contributed by atoms with van der Waals surface area (Å²) in [4.78, 5) is 11.7. The molecule has 1 aliphatic carbocycles. The summed E-state index contributed by atoms with van der Waals surface area (Å²) in [5.74, 6) is 1.10. The third kappa shape index (κ3) is 5.67. The summed E-state index contributed by atoms with van der Waals surface area (Å²) in [5, 5.41) is 15.7. The summed E-state index contributed by atoms with van der Waals surface area (Å²) >= 11 is 0. The first-order valence-corrected chi connectivity index (χ1v) is 7.41. The van der Waals surface area contributed by atoms with Crippen LogP contribution in [0.1, 0.15) is 44.9 Å². The van der Waals surface area contributed by atoms with E-state index in [9.17, 15) is 9.90 Å². The number of hydrogen-bond acceptors (Lipinski definition) is 3. The molecule has 4 nitrogen and oxygen atoms in total. The molecule has 2 fully saturated rings. The van der Waals surface area contributed by atoms with Crippen LogP contribution in [0.4, 0.5) is 0 Å². The number of aliphatic hydroxyl groups is 1. The van der Waals surface area contributed by atoms with E-state index in [2.05, 4.69) is 10.6 Å². The molecule has 2 rings (SSSR count). The van der Waals surface area contributed by atoms with E-state index < -0.39 is 0 Å². The highest BCUT2D eigenvalue weighted by molar-refractivity contribution is 5.85. The molecule has 2 unspecified atom stereocenters. The standard InChI is InChI=1S/C14H26N2O2.ClH/c17-13-10-15-8-12(13)9-16-14(18)7-6-11-4-2-1-3-5-11;/h11-13,15,17H,1-10H2,(H,16,18);1H. The van der Waals surface area contributed by atoms with Gasteiger partial charge in [-0.1, -0.05) is 32.1 Å². The van der Waals surface area contributed by atoms with Crippen LogP contribution < -0.4 is 10.6 Å².